The van der Waals surface area contributed by atoms with E-state index in [4.69, 9.17) is 21.1 Å². The Balaban J connectivity index is 2.33. The summed E-state index contributed by atoms with van der Waals surface area (Å²) >= 11 is 5.97. The van der Waals surface area contributed by atoms with Gasteiger partial charge in [-0.25, -0.2) is 4.79 Å². The zero-order valence-corrected chi connectivity index (χ0v) is 12.9. The summed E-state index contributed by atoms with van der Waals surface area (Å²) in [5.74, 6) is -0.202. The second-order valence-electron chi connectivity index (χ2n) is 4.88. The lowest BCUT2D eigenvalue weighted by atomic mass is 10.0. The molecule has 21 heavy (non-hydrogen) atoms. The SMILES string of the molecule is COC(=O)[C@H]1CCCCN1C(=O)c1cc(Cl)ccc1OC. The number of likely N-dealkylation sites (tertiary alicyclic amines) is 1. The van der Waals surface area contributed by atoms with Gasteiger partial charge in [-0.3, -0.25) is 4.79 Å². The molecule has 1 aliphatic heterocycles. The molecule has 5 nitrogen and oxygen atoms in total. The van der Waals surface area contributed by atoms with Crippen LogP contribution < -0.4 is 4.74 Å². The first-order valence-electron chi connectivity index (χ1n) is 6.80. The highest BCUT2D eigenvalue weighted by molar-refractivity contribution is 6.31. The van der Waals surface area contributed by atoms with Gasteiger partial charge in [0, 0.05) is 11.6 Å². The summed E-state index contributed by atoms with van der Waals surface area (Å²) in [6.07, 6.45) is 2.37. The summed E-state index contributed by atoms with van der Waals surface area (Å²) < 4.78 is 10.0. The van der Waals surface area contributed by atoms with Crippen LogP contribution in [-0.2, 0) is 9.53 Å². The van der Waals surface area contributed by atoms with Crippen LogP contribution in [0.15, 0.2) is 18.2 Å². The van der Waals surface area contributed by atoms with Crippen LogP contribution in [0.2, 0.25) is 5.02 Å². The van der Waals surface area contributed by atoms with Crippen molar-refractivity contribution in [2.45, 2.75) is 25.3 Å². The Morgan fingerprint density at radius 1 is 1.29 bits per heavy atom. The van der Waals surface area contributed by atoms with Crippen LogP contribution in [0.5, 0.6) is 5.75 Å². The predicted octanol–water partition coefficient (Wildman–Crippen LogP) is 2.52. The summed E-state index contributed by atoms with van der Waals surface area (Å²) in [7, 11) is 2.83. The van der Waals surface area contributed by atoms with Gasteiger partial charge in [-0.2, -0.15) is 0 Å². The van der Waals surface area contributed by atoms with E-state index in [2.05, 4.69) is 0 Å². The molecule has 0 unspecified atom stereocenters. The highest BCUT2D eigenvalue weighted by Gasteiger charge is 2.34. The molecule has 0 spiro atoms. The van der Waals surface area contributed by atoms with Gasteiger partial charge in [-0.15, -0.1) is 0 Å². The van der Waals surface area contributed by atoms with Gasteiger partial charge in [0.2, 0.25) is 0 Å². The Bertz CT molecular complexity index is 546. The van der Waals surface area contributed by atoms with E-state index in [9.17, 15) is 9.59 Å². The number of hydrogen-bond donors (Lipinski definition) is 0. The molecule has 0 aromatic heterocycles. The first-order valence-corrected chi connectivity index (χ1v) is 7.18. The molecule has 1 heterocycles. The van der Waals surface area contributed by atoms with Gasteiger partial charge in [0.15, 0.2) is 0 Å². The number of hydrogen-bond acceptors (Lipinski definition) is 4. The maximum atomic E-state index is 12.7. The lowest BCUT2D eigenvalue weighted by Gasteiger charge is -2.34. The molecular weight excluding hydrogens is 294 g/mol. The molecule has 0 radical (unpaired) electrons. The molecule has 114 valence electrons. The van der Waals surface area contributed by atoms with Crippen LogP contribution in [-0.4, -0.2) is 43.6 Å². The zero-order chi connectivity index (χ0) is 15.4. The molecule has 0 bridgehead atoms. The Kier molecular flexibility index (Phi) is 5.07. The second kappa shape index (κ2) is 6.80. The molecule has 1 aromatic rings. The number of benzene rings is 1. The lowest BCUT2D eigenvalue weighted by Crippen LogP contribution is -2.48. The van der Waals surface area contributed by atoms with Crippen LogP contribution in [0.4, 0.5) is 0 Å². The molecular formula is C15H18ClNO4. The maximum Gasteiger partial charge on any atom is 0.328 e. The number of halogens is 1. The normalized spacial score (nSPS) is 18.2. The van der Waals surface area contributed by atoms with Gasteiger partial charge in [0.05, 0.1) is 19.8 Å². The third-order valence-electron chi connectivity index (χ3n) is 3.63. The number of piperidine rings is 1. The van der Waals surface area contributed by atoms with Crippen molar-refractivity contribution in [3.63, 3.8) is 0 Å². The van der Waals surface area contributed by atoms with Crippen molar-refractivity contribution in [3.8, 4) is 5.75 Å². The molecule has 0 aliphatic carbocycles. The van der Waals surface area contributed by atoms with E-state index in [-0.39, 0.29) is 11.9 Å². The van der Waals surface area contributed by atoms with E-state index in [1.165, 1.54) is 14.2 Å². The van der Waals surface area contributed by atoms with E-state index in [0.29, 0.717) is 29.3 Å². The number of esters is 1. The summed E-state index contributed by atoms with van der Waals surface area (Å²) in [5.41, 5.74) is 0.362. The van der Waals surface area contributed by atoms with Crippen molar-refractivity contribution in [2.75, 3.05) is 20.8 Å². The molecule has 6 heteroatoms. The van der Waals surface area contributed by atoms with Crippen LogP contribution in [0.1, 0.15) is 29.6 Å². The highest BCUT2D eigenvalue weighted by atomic mass is 35.5. The molecule has 0 N–H and O–H groups in total. The van der Waals surface area contributed by atoms with Gasteiger partial charge in [-0.1, -0.05) is 11.6 Å². The quantitative estimate of drug-likeness (QED) is 0.805. The Morgan fingerprint density at radius 2 is 2.05 bits per heavy atom. The summed E-state index contributed by atoms with van der Waals surface area (Å²) in [6.45, 7) is 0.522. The number of methoxy groups -OCH3 is 2. The Labute approximate surface area is 128 Å². The van der Waals surface area contributed by atoms with Crippen LogP contribution >= 0.6 is 11.6 Å². The minimum atomic E-state index is -0.542. The molecule has 0 saturated carbocycles. The molecule has 1 amide bonds. The minimum absolute atomic E-state index is 0.260. The van der Waals surface area contributed by atoms with E-state index in [0.717, 1.165) is 12.8 Å². The average Bonchev–Trinajstić information content (AvgIpc) is 2.53. The van der Waals surface area contributed by atoms with Crippen LogP contribution in [0, 0.1) is 0 Å². The van der Waals surface area contributed by atoms with Crippen LogP contribution in [0.3, 0.4) is 0 Å². The van der Waals surface area contributed by atoms with Gasteiger partial charge in [0.25, 0.3) is 5.91 Å². The fourth-order valence-electron chi connectivity index (χ4n) is 2.56. The third-order valence-corrected chi connectivity index (χ3v) is 3.86. The lowest BCUT2D eigenvalue weighted by molar-refractivity contribution is -0.147. The largest absolute Gasteiger partial charge is 0.496 e. The molecule has 1 atom stereocenters. The van der Waals surface area contributed by atoms with E-state index in [1.807, 2.05) is 0 Å². The number of carbonyl (C=O) groups is 2. The van der Waals surface area contributed by atoms with Crippen molar-refractivity contribution < 1.29 is 19.1 Å². The van der Waals surface area contributed by atoms with Crippen molar-refractivity contribution in [2.24, 2.45) is 0 Å². The zero-order valence-electron chi connectivity index (χ0n) is 12.1. The number of nitrogens with zero attached hydrogens (tertiary/aromatic N) is 1. The van der Waals surface area contributed by atoms with Crippen LogP contribution in [0.25, 0.3) is 0 Å². The number of ether oxygens (including phenoxy) is 2. The molecule has 1 aliphatic rings. The van der Waals surface area contributed by atoms with Crippen molar-refractivity contribution in [1.29, 1.82) is 0 Å². The molecule has 1 saturated heterocycles. The van der Waals surface area contributed by atoms with Crippen molar-refractivity contribution >= 4 is 23.5 Å². The number of rotatable bonds is 3. The molecule has 1 fully saturated rings. The number of amides is 1. The average molecular weight is 312 g/mol. The Hall–Kier alpha value is -1.75. The van der Waals surface area contributed by atoms with E-state index >= 15 is 0 Å². The van der Waals surface area contributed by atoms with Crippen molar-refractivity contribution in [3.05, 3.63) is 28.8 Å². The fourth-order valence-corrected chi connectivity index (χ4v) is 2.73. The summed E-state index contributed by atoms with van der Waals surface area (Å²) in [4.78, 5) is 26.1. The smallest absolute Gasteiger partial charge is 0.328 e. The van der Waals surface area contributed by atoms with Crippen molar-refractivity contribution in [1.82, 2.24) is 4.90 Å². The predicted molar refractivity (Wildman–Crippen MR) is 78.7 cm³/mol. The number of carbonyl (C=O) groups excluding carboxylic acids is 2. The molecule has 2 rings (SSSR count). The monoisotopic (exact) mass is 311 g/mol. The Morgan fingerprint density at radius 3 is 2.71 bits per heavy atom. The van der Waals surface area contributed by atoms with Gasteiger partial charge in [-0.05, 0) is 37.5 Å². The standard InChI is InChI=1S/C15H18ClNO4/c1-20-13-7-6-10(16)9-11(13)14(18)17-8-4-3-5-12(17)15(19)21-2/h6-7,9,12H,3-5,8H2,1-2H3/t12-/m1/s1. The first-order chi connectivity index (χ1) is 10.1. The van der Waals surface area contributed by atoms with Gasteiger partial charge in [0.1, 0.15) is 11.8 Å². The second-order valence-corrected chi connectivity index (χ2v) is 5.31. The topological polar surface area (TPSA) is 55.8 Å². The first kappa shape index (κ1) is 15.6. The van der Waals surface area contributed by atoms with E-state index in [1.54, 1.807) is 23.1 Å². The van der Waals surface area contributed by atoms with Gasteiger partial charge < -0.3 is 14.4 Å². The summed E-state index contributed by atoms with van der Waals surface area (Å²) in [5, 5.41) is 0.450. The highest BCUT2D eigenvalue weighted by Crippen LogP contribution is 2.27. The maximum absolute atomic E-state index is 12.7. The minimum Gasteiger partial charge on any atom is -0.496 e. The fraction of sp³-hybridized carbons (Fsp3) is 0.467. The molecule has 1 aromatic carbocycles. The summed E-state index contributed by atoms with van der Waals surface area (Å²) in [6, 6.07) is 4.32. The third kappa shape index (κ3) is 3.29. The van der Waals surface area contributed by atoms with E-state index < -0.39 is 6.04 Å². The van der Waals surface area contributed by atoms with Gasteiger partial charge >= 0.3 is 5.97 Å².